The minimum atomic E-state index is -1.53. The number of halogens is 2. The number of amides is 1. The van der Waals surface area contributed by atoms with Crippen LogP contribution in [0.5, 0.6) is 0 Å². The van der Waals surface area contributed by atoms with Crippen molar-refractivity contribution in [1.82, 2.24) is 0 Å². The lowest BCUT2D eigenvalue weighted by atomic mass is 9.98. The molecule has 7 heteroatoms. The number of carboxylic acid groups (broad SMARTS) is 1. The van der Waals surface area contributed by atoms with Crippen molar-refractivity contribution in [3.05, 3.63) is 29.3 Å². The van der Waals surface area contributed by atoms with E-state index < -0.39 is 35.0 Å². The molecule has 0 aromatic heterocycles. The molecule has 0 aliphatic carbocycles. The maximum absolute atomic E-state index is 13.6. The molecule has 2 unspecified atom stereocenters. The summed E-state index contributed by atoms with van der Waals surface area (Å²) in [5.41, 5.74) is -1.04. The van der Waals surface area contributed by atoms with Gasteiger partial charge in [0, 0.05) is 12.7 Å². The third kappa shape index (κ3) is 3.18. The van der Waals surface area contributed by atoms with Gasteiger partial charge in [-0.3, -0.25) is 4.79 Å². The fourth-order valence-electron chi connectivity index (χ4n) is 2.38. The molecule has 1 aromatic carbocycles. The Morgan fingerprint density at radius 1 is 1.38 bits per heavy atom. The number of rotatable bonds is 4. The van der Waals surface area contributed by atoms with Crippen molar-refractivity contribution in [2.24, 2.45) is 5.92 Å². The topological polar surface area (TPSA) is 75.6 Å². The highest BCUT2D eigenvalue weighted by molar-refractivity contribution is 5.95. The van der Waals surface area contributed by atoms with Gasteiger partial charge in [-0.25, -0.2) is 13.6 Å². The van der Waals surface area contributed by atoms with Crippen LogP contribution in [0, 0.1) is 17.6 Å². The van der Waals surface area contributed by atoms with Gasteiger partial charge in [-0.1, -0.05) is 6.92 Å². The number of nitrogens with one attached hydrogen (secondary N) is 1. The number of anilines is 1. The SMILES string of the molecule is CCC1OCCC1C(=O)Nc1cc(C(=O)O)c(F)cc1F. The molecular weight excluding hydrogens is 284 g/mol. The van der Waals surface area contributed by atoms with Crippen LogP contribution in [-0.4, -0.2) is 29.7 Å². The van der Waals surface area contributed by atoms with E-state index >= 15 is 0 Å². The van der Waals surface area contributed by atoms with Crippen molar-refractivity contribution in [3.8, 4) is 0 Å². The normalized spacial score (nSPS) is 21.3. The van der Waals surface area contributed by atoms with Crippen molar-refractivity contribution >= 4 is 17.6 Å². The van der Waals surface area contributed by atoms with Crippen LogP contribution in [0.4, 0.5) is 14.5 Å². The van der Waals surface area contributed by atoms with Crippen LogP contribution in [0.2, 0.25) is 0 Å². The van der Waals surface area contributed by atoms with E-state index in [1.165, 1.54) is 0 Å². The molecule has 2 N–H and O–H groups in total. The van der Waals surface area contributed by atoms with Gasteiger partial charge >= 0.3 is 5.97 Å². The molecule has 1 aliphatic heterocycles. The molecule has 0 bridgehead atoms. The van der Waals surface area contributed by atoms with Gasteiger partial charge in [-0.05, 0) is 18.9 Å². The van der Waals surface area contributed by atoms with E-state index in [0.29, 0.717) is 25.5 Å². The summed E-state index contributed by atoms with van der Waals surface area (Å²) in [6.07, 6.45) is 0.913. The minimum absolute atomic E-state index is 0.243. The zero-order chi connectivity index (χ0) is 15.6. The highest BCUT2D eigenvalue weighted by Gasteiger charge is 2.33. The lowest BCUT2D eigenvalue weighted by molar-refractivity contribution is -0.121. The smallest absolute Gasteiger partial charge is 0.338 e. The van der Waals surface area contributed by atoms with Gasteiger partial charge in [0.2, 0.25) is 5.91 Å². The second kappa shape index (κ2) is 6.17. The standard InChI is InChI=1S/C14H15F2NO4/c1-2-12-7(3-4-21-12)13(18)17-11-5-8(14(19)20)9(15)6-10(11)16/h5-7,12H,2-4H2,1H3,(H,17,18)(H,19,20). The molecule has 1 heterocycles. The van der Waals surface area contributed by atoms with Crippen LogP contribution in [0.1, 0.15) is 30.1 Å². The highest BCUT2D eigenvalue weighted by atomic mass is 19.1. The number of carbonyl (C=O) groups excluding carboxylic acids is 1. The number of benzene rings is 1. The highest BCUT2D eigenvalue weighted by Crippen LogP contribution is 2.26. The molecular formula is C14H15F2NO4. The van der Waals surface area contributed by atoms with Gasteiger partial charge < -0.3 is 15.2 Å². The molecule has 0 saturated carbocycles. The van der Waals surface area contributed by atoms with Crippen LogP contribution in [-0.2, 0) is 9.53 Å². The Labute approximate surface area is 119 Å². The quantitative estimate of drug-likeness (QED) is 0.895. The predicted molar refractivity (Wildman–Crippen MR) is 70.1 cm³/mol. The third-order valence-electron chi connectivity index (χ3n) is 3.49. The monoisotopic (exact) mass is 299 g/mol. The molecule has 1 amide bonds. The summed E-state index contributed by atoms with van der Waals surface area (Å²) in [5.74, 6) is -4.61. The lowest BCUT2D eigenvalue weighted by Crippen LogP contribution is -2.29. The summed E-state index contributed by atoms with van der Waals surface area (Å²) in [7, 11) is 0. The average molecular weight is 299 g/mol. The summed E-state index contributed by atoms with van der Waals surface area (Å²) in [6.45, 7) is 2.32. The Kier molecular flexibility index (Phi) is 4.52. The van der Waals surface area contributed by atoms with Gasteiger partial charge in [0.25, 0.3) is 0 Å². The van der Waals surface area contributed by atoms with Crippen LogP contribution >= 0.6 is 0 Å². The van der Waals surface area contributed by atoms with Crippen molar-refractivity contribution in [3.63, 3.8) is 0 Å². The molecule has 1 aromatic rings. The van der Waals surface area contributed by atoms with Crippen molar-refractivity contribution < 1.29 is 28.2 Å². The van der Waals surface area contributed by atoms with Gasteiger partial charge in [0.1, 0.15) is 11.6 Å². The van der Waals surface area contributed by atoms with E-state index in [1.807, 2.05) is 6.92 Å². The van der Waals surface area contributed by atoms with Crippen LogP contribution < -0.4 is 5.32 Å². The van der Waals surface area contributed by atoms with E-state index in [4.69, 9.17) is 9.84 Å². The molecule has 114 valence electrons. The zero-order valence-electron chi connectivity index (χ0n) is 11.4. The number of hydrogen-bond acceptors (Lipinski definition) is 3. The zero-order valence-corrected chi connectivity index (χ0v) is 11.4. The van der Waals surface area contributed by atoms with Crippen LogP contribution in [0.25, 0.3) is 0 Å². The summed E-state index contributed by atoms with van der Waals surface area (Å²) in [4.78, 5) is 22.9. The summed E-state index contributed by atoms with van der Waals surface area (Å²) in [5, 5.41) is 11.1. The maximum Gasteiger partial charge on any atom is 0.338 e. The summed E-state index contributed by atoms with van der Waals surface area (Å²) >= 11 is 0. The molecule has 0 spiro atoms. The molecule has 2 rings (SSSR count). The first-order valence-electron chi connectivity index (χ1n) is 6.58. The number of carbonyl (C=O) groups is 2. The first-order chi connectivity index (χ1) is 9.93. The van der Waals surface area contributed by atoms with E-state index in [0.717, 1.165) is 6.07 Å². The number of hydrogen-bond donors (Lipinski definition) is 2. The first kappa shape index (κ1) is 15.4. The fraction of sp³-hybridized carbons (Fsp3) is 0.429. The fourth-order valence-corrected chi connectivity index (χ4v) is 2.38. The van der Waals surface area contributed by atoms with Crippen molar-refractivity contribution in [1.29, 1.82) is 0 Å². The van der Waals surface area contributed by atoms with Gasteiger partial charge in [-0.15, -0.1) is 0 Å². The Hall–Kier alpha value is -2.02. The second-order valence-electron chi connectivity index (χ2n) is 4.82. The van der Waals surface area contributed by atoms with Crippen LogP contribution in [0.3, 0.4) is 0 Å². The molecule has 1 saturated heterocycles. The molecule has 1 aliphatic rings. The molecule has 0 radical (unpaired) electrons. The average Bonchev–Trinajstić information content (AvgIpc) is 2.89. The predicted octanol–water partition coefficient (Wildman–Crippen LogP) is 2.42. The largest absolute Gasteiger partial charge is 0.478 e. The number of aromatic carboxylic acids is 1. The third-order valence-corrected chi connectivity index (χ3v) is 3.49. The Morgan fingerprint density at radius 3 is 2.71 bits per heavy atom. The van der Waals surface area contributed by atoms with E-state index in [1.54, 1.807) is 0 Å². The minimum Gasteiger partial charge on any atom is -0.478 e. The Morgan fingerprint density at radius 2 is 2.10 bits per heavy atom. The summed E-state index contributed by atoms with van der Waals surface area (Å²) in [6, 6.07) is 1.23. The molecule has 21 heavy (non-hydrogen) atoms. The number of ether oxygens (including phenoxy) is 1. The van der Waals surface area contributed by atoms with Gasteiger partial charge in [-0.2, -0.15) is 0 Å². The molecule has 1 fully saturated rings. The number of carboxylic acids is 1. The second-order valence-corrected chi connectivity index (χ2v) is 4.82. The molecule has 5 nitrogen and oxygen atoms in total. The van der Waals surface area contributed by atoms with Crippen molar-refractivity contribution in [2.45, 2.75) is 25.9 Å². The van der Waals surface area contributed by atoms with Gasteiger partial charge in [0.15, 0.2) is 0 Å². The molecule has 2 atom stereocenters. The van der Waals surface area contributed by atoms with E-state index in [2.05, 4.69) is 5.32 Å². The van der Waals surface area contributed by atoms with Gasteiger partial charge in [0.05, 0.1) is 23.3 Å². The summed E-state index contributed by atoms with van der Waals surface area (Å²) < 4.78 is 32.3. The van der Waals surface area contributed by atoms with E-state index in [9.17, 15) is 18.4 Å². The lowest BCUT2D eigenvalue weighted by Gasteiger charge is -2.17. The van der Waals surface area contributed by atoms with E-state index in [-0.39, 0.29) is 11.8 Å². The maximum atomic E-state index is 13.6. The van der Waals surface area contributed by atoms with Crippen LogP contribution in [0.15, 0.2) is 12.1 Å². The van der Waals surface area contributed by atoms with Crippen molar-refractivity contribution in [2.75, 3.05) is 11.9 Å². The Bertz CT molecular complexity index is 576. The first-order valence-corrected chi connectivity index (χ1v) is 6.58. The Balaban J connectivity index is 2.21.